The highest BCUT2D eigenvalue weighted by atomic mass is 19.1. The van der Waals surface area contributed by atoms with Crippen LogP contribution in [0.1, 0.15) is 29.9 Å². The van der Waals surface area contributed by atoms with Crippen molar-refractivity contribution in [3.63, 3.8) is 0 Å². The fourth-order valence-electron chi connectivity index (χ4n) is 3.22. The van der Waals surface area contributed by atoms with Gasteiger partial charge in [-0.05, 0) is 51.8 Å². The molecule has 2 aromatic rings. The van der Waals surface area contributed by atoms with Crippen LogP contribution in [-0.2, 0) is 4.79 Å². The minimum Gasteiger partial charge on any atom is -0.356 e. The van der Waals surface area contributed by atoms with Gasteiger partial charge in [0, 0.05) is 36.0 Å². The molecule has 0 aliphatic carbocycles. The van der Waals surface area contributed by atoms with Crippen molar-refractivity contribution in [2.75, 3.05) is 23.3 Å². The number of nitrogens with zero attached hydrogens (tertiary/aromatic N) is 3. The van der Waals surface area contributed by atoms with Crippen LogP contribution in [0.4, 0.5) is 15.9 Å². The lowest BCUT2D eigenvalue weighted by Crippen LogP contribution is -2.39. The summed E-state index contributed by atoms with van der Waals surface area (Å²) in [5, 5.41) is 2.81. The molecule has 1 N–H and O–H groups in total. The van der Waals surface area contributed by atoms with Gasteiger partial charge < -0.3 is 10.2 Å². The lowest BCUT2D eigenvalue weighted by atomic mass is 9.95. The third-order valence-corrected chi connectivity index (χ3v) is 4.73. The van der Waals surface area contributed by atoms with Crippen LogP contribution in [0, 0.1) is 32.5 Å². The molecule has 0 bridgehead atoms. The van der Waals surface area contributed by atoms with E-state index < -0.39 is 0 Å². The van der Waals surface area contributed by atoms with Gasteiger partial charge in [0.2, 0.25) is 5.91 Å². The molecule has 0 saturated carbocycles. The van der Waals surface area contributed by atoms with Crippen molar-refractivity contribution in [2.45, 2.75) is 33.6 Å². The Balaban J connectivity index is 1.63. The number of hydrogen-bond acceptors (Lipinski definition) is 4. The number of nitrogens with one attached hydrogen (secondary N) is 1. The predicted octanol–water partition coefficient (Wildman–Crippen LogP) is 3.40. The predicted molar refractivity (Wildman–Crippen MR) is 96.2 cm³/mol. The summed E-state index contributed by atoms with van der Waals surface area (Å²) in [6.45, 7) is 7.48. The quantitative estimate of drug-likeness (QED) is 0.929. The van der Waals surface area contributed by atoms with Crippen LogP contribution in [0.2, 0.25) is 0 Å². The third-order valence-electron chi connectivity index (χ3n) is 4.73. The summed E-state index contributed by atoms with van der Waals surface area (Å²) in [7, 11) is 0. The van der Waals surface area contributed by atoms with E-state index in [1.54, 1.807) is 12.1 Å². The second-order valence-electron chi connectivity index (χ2n) is 6.57. The molecule has 132 valence electrons. The number of aryl methyl sites for hydroxylation is 2. The van der Waals surface area contributed by atoms with E-state index in [9.17, 15) is 9.18 Å². The first-order valence-electron chi connectivity index (χ1n) is 8.57. The fraction of sp³-hybridized carbons (Fsp3) is 0.421. The van der Waals surface area contributed by atoms with Crippen LogP contribution in [-0.4, -0.2) is 29.0 Å². The van der Waals surface area contributed by atoms with Gasteiger partial charge in [0.15, 0.2) is 0 Å². The Kier molecular flexibility index (Phi) is 4.97. The van der Waals surface area contributed by atoms with Gasteiger partial charge in [0.25, 0.3) is 0 Å². The third kappa shape index (κ3) is 3.95. The van der Waals surface area contributed by atoms with Gasteiger partial charge in [-0.15, -0.1) is 0 Å². The summed E-state index contributed by atoms with van der Waals surface area (Å²) in [6, 6.07) is 5.99. The van der Waals surface area contributed by atoms with Crippen molar-refractivity contribution in [2.24, 2.45) is 5.92 Å². The molecule has 25 heavy (non-hydrogen) atoms. The highest BCUT2D eigenvalue weighted by molar-refractivity contribution is 5.92. The summed E-state index contributed by atoms with van der Waals surface area (Å²) in [4.78, 5) is 23.6. The number of anilines is 2. The number of carbonyl (C=O) groups is 1. The van der Waals surface area contributed by atoms with E-state index in [-0.39, 0.29) is 17.6 Å². The molecule has 0 unspecified atom stereocenters. The Morgan fingerprint density at radius 2 is 1.92 bits per heavy atom. The van der Waals surface area contributed by atoms with Crippen molar-refractivity contribution < 1.29 is 9.18 Å². The molecule has 1 fully saturated rings. The van der Waals surface area contributed by atoms with Gasteiger partial charge in [-0.3, -0.25) is 4.79 Å². The second-order valence-corrected chi connectivity index (χ2v) is 6.57. The summed E-state index contributed by atoms with van der Waals surface area (Å²) >= 11 is 0. The maximum atomic E-state index is 13.2. The molecule has 0 spiro atoms. The largest absolute Gasteiger partial charge is 0.356 e. The van der Waals surface area contributed by atoms with E-state index in [2.05, 4.69) is 20.2 Å². The number of hydrogen-bond donors (Lipinski definition) is 1. The zero-order valence-corrected chi connectivity index (χ0v) is 14.8. The topological polar surface area (TPSA) is 58.1 Å². The Hall–Kier alpha value is -2.50. The molecule has 0 atom stereocenters. The summed E-state index contributed by atoms with van der Waals surface area (Å²) in [5.74, 6) is 1.27. The van der Waals surface area contributed by atoms with Gasteiger partial charge >= 0.3 is 0 Å². The van der Waals surface area contributed by atoms with Gasteiger partial charge in [-0.2, -0.15) is 0 Å². The van der Waals surface area contributed by atoms with Crippen molar-refractivity contribution in [1.29, 1.82) is 0 Å². The molecule has 1 aromatic heterocycles. The Labute approximate surface area is 147 Å². The van der Waals surface area contributed by atoms with Gasteiger partial charge in [-0.25, -0.2) is 14.4 Å². The molecule has 2 heterocycles. The van der Waals surface area contributed by atoms with Crippen LogP contribution < -0.4 is 10.2 Å². The molecule has 1 saturated heterocycles. The average Bonchev–Trinajstić information content (AvgIpc) is 2.58. The van der Waals surface area contributed by atoms with E-state index >= 15 is 0 Å². The van der Waals surface area contributed by atoms with Crippen molar-refractivity contribution in [1.82, 2.24) is 9.97 Å². The minimum atomic E-state index is -0.349. The number of piperidine rings is 1. The molecule has 0 radical (unpaired) electrons. The first kappa shape index (κ1) is 17.3. The Morgan fingerprint density at radius 1 is 1.20 bits per heavy atom. The first-order chi connectivity index (χ1) is 11.9. The fourth-order valence-corrected chi connectivity index (χ4v) is 3.22. The molecule has 1 aliphatic heterocycles. The van der Waals surface area contributed by atoms with Crippen LogP contribution in [0.5, 0.6) is 0 Å². The lowest BCUT2D eigenvalue weighted by molar-refractivity contribution is -0.120. The Bertz CT molecular complexity index is 785. The number of benzene rings is 1. The molecule has 6 heteroatoms. The smallest absolute Gasteiger partial charge is 0.227 e. The number of halogens is 1. The van der Waals surface area contributed by atoms with Crippen molar-refractivity contribution in [3.05, 3.63) is 47.2 Å². The summed E-state index contributed by atoms with van der Waals surface area (Å²) < 4.78 is 13.2. The van der Waals surface area contributed by atoms with Crippen LogP contribution in [0.3, 0.4) is 0 Å². The number of carbonyl (C=O) groups excluding carboxylic acids is 1. The lowest BCUT2D eigenvalue weighted by Gasteiger charge is -2.33. The number of rotatable bonds is 3. The van der Waals surface area contributed by atoms with Crippen molar-refractivity contribution in [3.8, 4) is 0 Å². The standard InChI is InChI=1S/C19H23FN4O/c1-12-13(2)21-14(3)22-18(12)24-9-7-15(8-10-24)19(25)23-17-6-4-5-16(20)11-17/h4-6,11,15H,7-10H2,1-3H3,(H,23,25). The maximum Gasteiger partial charge on any atom is 0.227 e. The molecular weight excluding hydrogens is 319 g/mol. The Morgan fingerprint density at radius 3 is 2.60 bits per heavy atom. The summed E-state index contributed by atoms with van der Waals surface area (Å²) in [5.41, 5.74) is 2.59. The molecule has 1 aliphatic rings. The molecule has 1 aromatic carbocycles. The molecule has 5 nitrogen and oxygen atoms in total. The normalized spacial score (nSPS) is 15.3. The average molecular weight is 342 g/mol. The van der Waals surface area contributed by atoms with Crippen molar-refractivity contribution >= 4 is 17.4 Å². The van der Waals surface area contributed by atoms with Crippen LogP contribution >= 0.6 is 0 Å². The molecule has 1 amide bonds. The van der Waals surface area contributed by atoms with Crippen LogP contribution in [0.25, 0.3) is 0 Å². The number of amides is 1. The highest BCUT2D eigenvalue weighted by Crippen LogP contribution is 2.26. The van der Waals surface area contributed by atoms with Gasteiger partial charge in [0.05, 0.1) is 0 Å². The second kappa shape index (κ2) is 7.17. The van der Waals surface area contributed by atoms with Gasteiger partial charge in [0.1, 0.15) is 17.5 Å². The zero-order valence-electron chi connectivity index (χ0n) is 14.8. The SMILES string of the molecule is Cc1nc(C)c(C)c(N2CCC(C(=O)Nc3cccc(F)c3)CC2)n1. The zero-order chi connectivity index (χ0) is 18.0. The van der Waals surface area contributed by atoms with E-state index in [0.717, 1.165) is 48.8 Å². The highest BCUT2D eigenvalue weighted by Gasteiger charge is 2.27. The number of aromatic nitrogens is 2. The summed E-state index contributed by atoms with van der Waals surface area (Å²) in [6.07, 6.45) is 1.51. The maximum absolute atomic E-state index is 13.2. The molecule has 3 rings (SSSR count). The van der Waals surface area contributed by atoms with E-state index in [1.807, 2.05) is 20.8 Å². The minimum absolute atomic E-state index is 0.0444. The monoisotopic (exact) mass is 342 g/mol. The van der Waals surface area contributed by atoms with E-state index in [1.165, 1.54) is 12.1 Å². The van der Waals surface area contributed by atoms with E-state index in [4.69, 9.17) is 0 Å². The van der Waals surface area contributed by atoms with Crippen LogP contribution in [0.15, 0.2) is 24.3 Å². The van der Waals surface area contributed by atoms with Gasteiger partial charge in [-0.1, -0.05) is 6.07 Å². The molecular formula is C19H23FN4O. The first-order valence-corrected chi connectivity index (χ1v) is 8.57. The van der Waals surface area contributed by atoms with E-state index in [0.29, 0.717) is 5.69 Å².